The zero-order valence-corrected chi connectivity index (χ0v) is 12.8. The molecule has 0 aromatic heterocycles. The molecule has 1 heterocycles. The highest BCUT2D eigenvalue weighted by Crippen LogP contribution is 2.38. The van der Waals surface area contributed by atoms with Crippen LogP contribution in [0.2, 0.25) is 0 Å². The monoisotopic (exact) mass is 291 g/mol. The van der Waals surface area contributed by atoms with Crippen LogP contribution < -0.4 is 5.32 Å². The third-order valence-electron chi connectivity index (χ3n) is 4.71. The molecule has 0 bridgehead atoms. The van der Waals surface area contributed by atoms with Gasteiger partial charge >= 0.3 is 0 Å². The van der Waals surface area contributed by atoms with Crippen molar-refractivity contribution in [3.05, 3.63) is 0 Å². The van der Waals surface area contributed by atoms with Gasteiger partial charge in [-0.2, -0.15) is 0 Å². The average molecular weight is 291 g/mol. The molecular formula is C15H25N5O. The van der Waals surface area contributed by atoms with Gasteiger partial charge in [0.25, 0.3) is 0 Å². The number of nitrogens with zero attached hydrogens (tertiary/aromatic N) is 3. The molecule has 6 nitrogen and oxygen atoms in total. The lowest BCUT2D eigenvalue weighted by Gasteiger charge is -2.31. The maximum Gasteiger partial charge on any atom is 0.240 e. The fraction of sp³-hybridized carbons (Fsp3) is 0.733. The van der Waals surface area contributed by atoms with E-state index < -0.39 is 0 Å². The van der Waals surface area contributed by atoms with Crippen molar-refractivity contribution in [3.63, 3.8) is 0 Å². The molecule has 21 heavy (non-hydrogen) atoms. The van der Waals surface area contributed by atoms with Gasteiger partial charge < -0.3 is 10.2 Å². The number of fused-ring (bicyclic) bond motifs is 1. The van der Waals surface area contributed by atoms with Gasteiger partial charge in [0, 0.05) is 12.3 Å². The predicted octanol–water partition coefficient (Wildman–Crippen LogP) is 1.32. The van der Waals surface area contributed by atoms with Crippen molar-refractivity contribution >= 4 is 24.8 Å². The summed E-state index contributed by atoms with van der Waals surface area (Å²) in [7, 11) is 1.86. The first kappa shape index (κ1) is 15.8. The van der Waals surface area contributed by atoms with Gasteiger partial charge in [-0.25, -0.2) is 9.98 Å². The summed E-state index contributed by atoms with van der Waals surface area (Å²) in [6, 6.07) is 0.253. The Bertz CT molecular complexity index is 434. The van der Waals surface area contributed by atoms with E-state index in [1.54, 1.807) is 6.21 Å². The number of likely N-dealkylation sites (tertiary alicyclic amines) is 1. The molecule has 0 aromatic rings. The van der Waals surface area contributed by atoms with Crippen LogP contribution in [0.5, 0.6) is 0 Å². The summed E-state index contributed by atoms with van der Waals surface area (Å²) in [4.78, 5) is 22.4. The van der Waals surface area contributed by atoms with E-state index in [2.05, 4.69) is 22.2 Å². The fourth-order valence-corrected chi connectivity index (χ4v) is 3.79. The van der Waals surface area contributed by atoms with Crippen molar-refractivity contribution in [2.24, 2.45) is 21.8 Å². The number of hydrogen-bond donors (Lipinski definition) is 2. The molecule has 2 N–H and O–H groups in total. The normalized spacial score (nSPS) is 33.6. The molecule has 2 aliphatic rings. The lowest BCUT2D eigenvalue weighted by molar-refractivity contribution is -0.135. The summed E-state index contributed by atoms with van der Waals surface area (Å²) in [5.74, 6) is 1.18. The Morgan fingerprint density at radius 3 is 2.95 bits per heavy atom. The number of carbonyl (C=O) groups excluding carboxylic acids is 1. The van der Waals surface area contributed by atoms with Gasteiger partial charge in [-0.15, -0.1) is 0 Å². The van der Waals surface area contributed by atoms with Crippen LogP contribution in [-0.4, -0.2) is 55.4 Å². The molecule has 4 atom stereocenters. The van der Waals surface area contributed by atoms with Crippen molar-refractivity contribution in [1.82, 2.24) is 10.2 Å². The molecule has 6 heteroatoms. The van der Waals surface area contributed by atoms with Gasteiger partial charge in [-0.05, 0) is 38.1 Å². The van der Waals surface area contributed by atoms with Crippen molar-refractivity contribution in [2.45, 2.75) is 44.7 Å². The fourth-order valence-electron chi connectivity index (χ4n) is 3.79. The summed E-state index contributed by atoms with van der Waals surface area (Å²) in [5, 5.41) is 9.98. The van der Waals surface area contributed by atoms with Gasteiger partial charge in [0.2, 0.25) is 5.91 Å². The molecule has 0 radical (unpaired) electrons. The largest absolute Gasteiger partial charge is 0.333 e. The molecule has 2 fully saturated rings. The number of likely N-dealkylation sites (N-methyl/N-ethyl adjacent to an activating group) is 1. The van der Waals surface area contributed by atoms with Crippen LogP contribution in [0, 0.1) is 17.2 Å². The summed E-state index contributed by atoms with van der Waals surface area (Å²) in [6.07, 6.45) is 8.64. The lowest BCUT2D eigenvalue weighted by atomic mass is 9.90. The third kappa shape index (κ3) is 3.56. The quantitative estimate of drug-likeness (QED) is 0.591. The van der Waals surface area contributed by atoms with Crippen LogP contribution in [0.15, 0.2) is 9.98 Å². The van der Waals surface area contributed by atoms with E-state index in [9.17, 15) is 4.79 Å². The summed E-state index contributed by atoms with van der Waals surface area (Å²) >= 11 is 0. The van der Waals surface area contributed by atoms with Crippen molar-refractivity contribution in [1.29, 1.82) is 5.41 Å². The second-order valence-corrected chi connectivity index (χ2v) is 5.95. The van der Waals surface area contributed by atoms with E-state index in [-0.39, 0.29) is 11.9 Å². The Morgan fingerprint density at radius 2 is 2.24 bits per heavy atom. The number of aliphatic imine (C=N–C) groups is 2. The first-order valence-corrected chi connectivity index (χ1v) is 7.69. The smallest absolute Gasteiger partial charge is 0.240 e. The zero-order chi connectivity index (χ0) is 15.2. The average Bonchev–Trinajstić information content (AvgIpc) is 2.88. The minimum atomic E-state index is -0.0979. The van der Waals surface area contributed by atoms with Crippen LogP contribution in [0.25, 0.3) is 0 Å². The summed E-state index contributed by atoms with van der Waals surface area (Å²) in [6.45, 7) is 2.69. The maximum atomic E-state index is 12.8. The van der Waals surface area contributed by atoms with Crippen molar-refractivity contribution < 1.29 is 4.79 Å². The van der Waals surface area contributed by atoms with E-state index in [0.717, 1.165) is 19.2 Å². The zero-order valence-electron chi connectivity index (χ0n) is 12.8. The third-order valence-corrected chi connectivity index (χ3v) is 4.71. The van der Waals surface area contributed by atoms with E-state index in [4.69, 9.17) is 5.41 Å². The van der Waals surface area contributed by atoms with E-state index >= 15 is 0 Å². The topological polar surface area (TPSA) is 80.9 Å². The Hall–Kier alpha value is -1.56. The van der Waals surface area contributed by atoms with Gasteiger partial charge in [0.1, 0.15) is 12.7 Å². The van der Waals surface area contributed by atoms with Crippen LogP contribution in [0.4, 0.5) is 0 Å². The van der Waals surface area contributed by atoms with Crippen molar-refractivity contribution in [2.75, 3.05) is 13.6 Å². The number of nitrogens with one attached hydrogen (secondary N) is 2. The standard InChI is InChI=1S/C15H25N5O/c1-11-8-12-4-3-5-13(12)20(15(21)14(11)17-2)7-6-18-10-19-9-16/h6,9-14,16-17H,3-5,7-8H2,1-2H3/b16-9?,18-6+,19-10-. The van der Waals surface area contributed by atoms with Crippen LogP contribution in [-0.2, 0) is 4.79 Å². The minimum absolute atomic E-state index is 0.0979. The van der Waals surface area contributed by atoms with Crippen LogP contribution >= 0.6 is 0 Å². The predicted molar refractivity (Wildman–Crippen MR) is 85.2 cm³/mol. The molecule has 116 valence electrons. The van der Waals surface area contributed by atoms with Crippen LogP contribution in [0.3, 0.4) is 0 Å². The van der Waals surface area contributed by atoms with Gasteiger partial charge in [-0.1, -0.05) is 13.3 Å². The Kier molecular flexibility index (Phi) is 5.61. The highest BCUT2D eigenvalue weighted by molar-refractivity contribution is 5.86. The molecule has 1 amide bonds. The molecule has 1 aliphatic carbocycles. The molecule has 0 spiro atoms. The molecule has 1 saturated carbocycles. The Morgan fingerprint density at radius 1 is 1.43 bits per heavy atom. The van der Waals surface area contributed by atoms with E-state index in [1.165, 1.54) is 19.2 Å². The highest BCUT2D eigenvalue weighted by Gasteiger charge is 2.42. The highest BCUT2D eigenvalue weighted by atomic mass is 16.2. The number of amides is 1. The Balaban J connectivity index is 2.13. The van der Waals surface area contributed by atoms with E-state index in [0.29, 0.717) is 24.4 Å². The van der Waals surface area contributed by atoms with E-state index in [1.807, 2.05) is 11.9 Å². The summed E-state index contributed by atoms with van der Waals surface area (Å²) in [5.41, 5.74) is 0. The minimum Gasteiger partial charge on any atom is -0.333 e. The molecular weight excluding hydrogens is 266 g/mol. The lowest BCUT2D eigenvalue weighted by Crippen LogP contribution is -2.50. The van der Waals surface area contributed by atoms with Gasteiger partial charge in [-0.3, -0.25) is 10.2 Å². The second-order valence-electron chi connectivity index (χ2n) is 5.95. The molecule has 2 rings (SSSR count). The number of hydrogen-bond acceptors (Lipinski definition) is 3. The first-order valence-electron chi connectivity index (χ1n) is 7.69. The molecule has 1 aliphatic heterocycles. The summed E-state index contributed by atoms with van der Waals surface area (Å²) < 4.78 is 0. The Labute approximate surface area is 126 Å². The first-order chi connectivity index (χ1) is 10.2. The SMILES string of the molecule is CNC1C(=O)N(C/C=N/C=N\C=N)C2CCCC2CC1C. The number of carbonyl (C=O) groups is 1. The van der Waals surface area contributed by atoms with Crippen LogP contribution in [0.1, 0.15) is 32.6 Å². The number of rotatable bonds is 5. The molecule has 4 unspecified atom stereocenters. The molecule has 1 saturated heterocycles. The maximum absolute atomic E-state index is 12.8. The van der Waals surface area contributed by atoms with Gasteiger partial charge in [0.05, 0.1) is 12.6 Å². The second kappa shape index (κ2) is 7.45. The van der Waals surface area contributed by atoms with Crippen molar-refractivity contribution in [3.8, 4) is 0 Å². The van der Waals surface area contributed by atoms with Gasteiger partial charge in [0.15, 0.2) is 0 Å². The molecule has 0 aromatic carbocycles.